The Kier molecular flexibility index (Phi) is 8.01. The van der Waals surface area contributed by atoms with Crippen molar-refractivity contribution in [3.05, 3.63) is 91.0 Å². The van der Waals surface area contributed by atoms with Crippen molar-refractivity contribution in [1.29, 1.82) is 0 Å². The summed E-state index contributed by atoms with van der Waals surface area (Å²) in [5.41, 5.74) is -0.742. The van der Waals surface area contributed by atoms with Crippen molar-refractivity contribution in [1.82, 2.24) is 0 Å². The highest BCUT2D eigenvalue weighted by molar-refractivity contribution is 5.77. The fourth-order valence-electron chi connectivity index (χ4n) is 2.33. The van der Waals surface area contributed by atoms with Gasteiger partial charge in [-0.05, 0) is 57.2 Å². The fourth-order valence-corrected chi connectivity index (χ4v) is 2.33. The summed E-state index contributed by atoms with van der Waals surface area (Å²) in [7, 11) is 0. The molecule has 3 rings (SSSR count). The SMILES string of the molecule is CC(C)(C)OOC(=O)C(Oc1ccccc1)(Oc1ccccc1)Oc1ccccc1.O. The molecule has 0 aliphatic heterocycles. The molecule has 0 unspecified atom stereocenters. The highest BCUT2D eigenvalue weighted by atomic mass is 17.2. The molecular weight excluding hydrogens is 400 g/mol. The minimum absolute atomic E-state index is 0. The van der Waals surface area contributed by atoms with Crippen LogP contribution >= 0.6 is 0 Å². The molecule has 0 amide bonds. The first-order valence-corrected chi connectivity index (χ1v) is 9.49. The van der Waals surface area contributed by atoms with Gasteiger partial charge in [0.15, 0.2) is 0 Å². The first-order valence-electron chi connectivity index (χ1n) is 9.49. The quantitative estimate of drug-likeness (QED) is 0.302. The molecule has 164 valence electrons. The van der Waals surface area contributed by atoms with Crippen LogP contribution in [-0.4, -0.2) is 23.0 Å². The summed E-state index contributed by atoms with van der Waals surface area (Å²) in [5, 5.41) is 0. The van der Waals surface area contributed by atoms with E-state index in [4.69, 9.17) is 24.0 Å². The Bertz CT molecular complexity index is 821. The average Bonchev–Trinajstić information content (AvgIpc) is 2.73. The second-order valence-corrected chi connectivity index (χ2v) is 7.37. The molecule has 0 aliphatic rings. The number of hydrogen-bond acceptors (Lipinski definition) is 6. The van der Waals surface area contributed by atoms with Crippen LogP contribution in [-0.2, 0) is 14.6 Å². The van der Waals surface area contributed by atoms with E-state index in [9.17, 15) is 4.79 Å². The zero-order valence-corrected chi connectivity index (χ0v) is 17.6. The van der Waals surface area contributed by atoms with E-state index in [2.05, 4.69) is 0 Å². The van der Waals surface area contributed by atoms with Crippen LogP contribution in [0.4, 0.5) is 0 Å². The van der Waals surface area contributed by atoms with Crippen LogP contribution < -0.4 is 14.2 Å². The van der Waals surface area contributed by atoms with Crippen molar-refractivity contribution in [3.8, 4) is 17.2 Å². The van der Waals surface area contributed by atoms with E-state index in [1.807, 2.05) is 18.2 Å². The Hall–Kier alpha value is -3.55. The molecule has 0 fully saturated rings. The van der Waals surface area contributed by atoms with Crippen molar-refractivity contribution >= 4 is 5.97 Å². The van der Waals surface area contributed by atoms with Gasteiger partial charge in [-0.1, -0.05) is 54.6 Å². The normalized spacial score (nSPS) is 11.1. The highest BCUT2D eigenvalue weighted by Crippen LogP contribution is 2.28. The Morgan fingerprint density at radius 2 is 0.935 bits per heavy atom. The zero-order valence-electron chi connectivity index (χ0n) is 17.6. The van der Waals surface area contributed by atoms with Crippen LogP contribution in [0.25, 0.3) is 0 Å². The zero-order chi connectivity index (χ0) is 21.5. The van der Waals surface area contributed by atoms with E-state index < -0.39 is 17.5 Å². The first kappa shape index (κ1) is 23.7. The van der Waals surface area contributed by atoms with Gasteiger partial charge in [0.05, 0.1) is 0 Å². The van der Waals surface area contributed by atoms with Gasteiger partial charge in [0, 0.05) is 0 Å². The van der Waals surface area contributed by atoms with Gasteiger partial charge in [-0.2, -0.15) is 4.89 Å². The minimum atomic E-state index is -2.30. The molecule has 0 aliphatic carbocycles. The lowest BCUT2D eigenvalue weighted by Crippen LogP contribution is -2.56. The van der Waals surface area contributed by atoms with Crippen LogP contribution in [0.15, 0.2) is 91.0 Å². The van der Waals surface area contributed by atoms with Gasteiger partial charge < -0.3 is 19.7 Å². The number of para-hydroxylation sites is 3. The van der Waals surface area contributed by atoms with Crippen molar-refractivity contribution in [2.24, 2.45) is 0 Å². The van der Waals surface area contributed by atoms with Gasteiger partial charge in [-0.3, -0.25) is 4.89 Å². The second-order valence-electron chi connectivity index (χ2n) is 7.37. The number of ether oxygens (including phenoxy) is 3. The molecule has 31 heavy (non-hydrogen) atoms. The number of carbonyl (C=O) groups excluding carboxylic acids is 1. The average molecular weight is 426 g/mol. The molecule has 0 spiro atoms. The summed E-state index contributed by atoms with van der Waals surface area (Å²) < 4.78 is 17.8. The third kappa shape index (κ3) is 7.02. The summed E-state index contributed by atoms with van der Waals surface area (Å²) in [5.74, 6) is -2.27. The van der Waals surface area contributed by atoms with Gasteiger partial charge in [0.25, 0.3) is 0 Å². The predicted octanol–water partition coefficient (Wildman–Crippen LogP) is 4.33. The van der Waals surface area contributed by atoms with Gasteiger partial charge in [0.2, 0.25) is 0 Å². The van der Waals surface area contributed by atoms with Gasteiger partial charge >= 0.3 is 11.9 Å². The number of benzene rings is 3. The van der Waals surface area contributed by atoms with Crippen LogP contribution in [0, 0.1) is 0 Å². The molecule has 0 atom stereocenters. The van der Waals surface area contributed by atoms with Gasteiger partial charge in [-0.25, -0.2) is 4.79 Å². The van der Waals surface area contributed by atoms with E-state index in [1.165, 1.54) is 0 Å². The Morgan fingerprint density at radius 1 is 0.613 bits per heavy atom. The van der Waals surface area contributed by atoms with Crippen molar-refractivity contribution in [2.75, 3.05) is 0 Å². The van der Waals surface area contributed by atoms with Crippen LogP contribution in [0.3, 0.4) is 0 Å². The first-order chi connectivity index (χ1) is 14.4. The summed E-state index contributed by atoms with van der Waals surface area (Å²) >= 11 is 0. The lowest BCUT2D eigenvalue weighted by Gasteiger charge is -2.31. The topological polar surface area (TPSA) is 94.7 Å². The number of hydrogen-bond donors (Lipinski definition) is 0. The molecule has 3 aromatic carbocycles. The molecule has 0 saturated heterocycles. The molecule has 0 heterocycles. The monoisotopic (exact) mass is 426 g/mol. The summed E-state index contributed by atoms with van der Waals surface area (Å²) in [6.45, 7) is 5.24. The highest BCUT2D eigenvalue weighted by Gasteiger charge is 2.52. The molecular formula is C24H26O7. The third-order valence-electron chi connectivity index (χ3n) is 3.60. The number of rotatable bonds is 8. The molecule has 0 radical (unpaired) electrons. The minimum Gasteiger partial charge on any atom is -0.412 e. The molecule has 7 nitrogen and oxygen atoms in total. The number of carbonyl (C=O) groups is 1. The molecule has 0 aromatic heterocycles. The van der Waals surface area contributed by atoms with Crippen molar-refractivity contribution < 1.29 is 34.3 Å². The molecule has 3 aromatic rings. The van der Waals surface area contributed by atoms with E-state index in [0.717, 1.165) is 0 Å². The second kappa shape index (κ2) is 10.5. The summed E-state index contributed by atoms with van der Waals surface area (Å²) in [4.78, 5) is 23.5. The van der Waals surface area contributed by atoms with E-state index >= 15 is 0 Å². The Morgan fingerprint density at radius 3 is 1.23 bits per heavy atom. The van der Waals surface area contributed by atoms with Crippen molar-refractivity contribution in [3.63, 3.8) is 0 Å². The van der Waals surface area contributed by atoms with E-state index in [-0.39, 0.29) is 5.48 Å². The Labute approximate surface area is 181 Å². The smallest absolute Gasteiger partial charge is 0.412 e. The molecule has 7 heteroatoms. The maximum atomic E-state index is 13.2. The maximum absolute atomic E-state index is 13.2. The molecule has 0 saturated carbocycles. The van der Waals surface area contributed by atoms with Crippen LogP contribution in [0.2, 0.25) is 0 Å². The third-order valence-corrected chi connectivity index (χ3v) is 3.60. The predicted molar refractivity (Wildman–Crippen MR) is 114 cm³/mol. The van der Waals surface area contributed by atoms with E-state index in [1.54, 1.807) is 93.6 Å². The largest absolute Gasteiger partial charge is 0.526 e. The molecule has 2 N–H and O–H groups in total. The van der Waals surface area contributed by atoms with Crippen LogP contribution in [0.1, 0.15) is 20.8 Å². The lowest BCUT2D eigenvalue weighted by molar-refractivity contribution is -0.354. The van der Waals surface area contributed by atoms with Gasteiger partial charge in [0.1, 0.15) is 22.8 Å². The summed E-state index contributed by atoms with van der Waals surface area (Å²) in [6.07, 6.45) is 0. The molecule has 0 bridgehead atoms. The summed E-state index contributed by atoms with van der Waals surface area (Å²) in [6, 6.07) is 26.1. The fraction of sp³-hybridized carbons (Fsp3) is 0.208. The van der Waals surface area contributed by atoms with Gasteiger partial charge in [-0.15, -0.1) is 0 Å². The lowest BCUT2D eigenvalue weighted by atomic mass is 10.2. The van der Waals surface area contributed by atoms with Crippen molar-refractivity contribution in [2.45, 2.75) is 32.3 Å². The van der Waals surface area contributed by atoms with E-state index in [0.29, 0.717) is 17.2 Å². The Balaban J connectivity index is 0.00000341. The standard InChI is InChI=1S/C24H24O6.H2O/c1-23(2,3)30-29-22(25)24(26-19-13-7-4-8-14-19,27-20-15-9-5-10-16-20)28-21-17-11-6-12-18-21;/h4-18H,1-3H3;1H2. The maximum Gasteiger partial charge on any atom is 0.526 e. The van der Waals surface area contributed by atoms with Crippen LogP contribution in [0.5, 0.6) is 17.2 Å².